The summed E-state index contributed by atoms with van der Waals surface area (Å²) in [6.45, 7) is 8.61. The molecule has 3 atom stereocenters. The lowest BCUT2D eigenvalue weighted by atomic mass is 9.96. The number of fused-ring (bicyclic) bond motifs is 1. The summed E-state index contributed by atoms with van der Waals surface area (Å²) < 4.78 is 7.41. The Balaban J connectivity index is 1.39. The minimum absolute atomic E-state index is 0.0955. The van der Waals surface area contributed by atoms with Crippen molar-refractivity contribution in [1.82, 2.24) is 24.4 Å². The number of nitrogens with zero attached hydrogens (tertiary/aromatic N) is 7. The number of pyridine rings is 1. The summed E-state index contributed by atoms with van der Waals surface area (Å²) in [5.41, 5.74) is 2.51. The molecule has 0 bridgehead atoms. The summed E-state index contributed by atoms with van der Waals surface area (Å²) in [7, 11) is 1.69. The topological polar surface area (TPSA) is 100 Å². The Kier molecular flexibility index (Phi) is 7.91. The summed E-state index contributed by atoms with van der Waals surface area (Å²) >= 11 is 1.59. The predicted molar refractivity (Wildman–Crippen MR) is 153 cm³/mol. The van der Waals surface area contributed by atoms with Gasteiger partial charge in [0.2, 0.25) is 0 Å². The number of thiazole rings is 1. The van der Waals surface area contributed by atoms with Crippen LogP contribution in [0.1, 0.15) is 55.9 Å². The molecule has 39 heavy (non-hydrogen) atoms. The van der Waals surface area contributed by atoms with E-state index in [0.29, 0.717) is 29.2 Å². The van der Waals surface area contributed by atoms with E-state index in [2.05, 4.69) is 63.7 Å². The van der Waals surface area contributed by atoms with Crippen molar-refractivity contribution in [2.24, 2.45) is 7.05 Å². The van der Waals surface area contributed by atoms with E-state index in [0.717, 1.165) is 36.7 Å². The maximum Gasteiger partial charge on any atom is 0.349 e. The fourth-order valence-electron chi connectivity index (χ4n) is 5.49. The van der Waals surface area contributed by atoms with Gasteiger partial charge in [-0.05, 0) is 49.6 Å². The van der Waals surface area contributed by atoms with Crippen LogP contribution in [0, 0.1) is 11.3 Å². The number of aryl methyl sites for hydroxylation is 1. The summed E-state index contributed by atoms with van der Waals surface area (Å²) in [5.74, 6) is 1.40. The van der Waals surface area contributed by atoms with Gasteiger partial charge in [0.05, 0.1) is 5.52 Å². The predicted octanol–water partition coefficient (Wildman–Crippen LogP) is 4.68. The van der Waals surface area contributed by atoms with E-state index in [1.807, 2.05) is 17.5 Å². The van der Waals surface area contributed by atoms with Crippen molar-refractivity contribution in [1.29, 1.82) is 5.26 Å². The number of hydrogen-bond donors (Lipinski definition) is 0. The lowest BCUT2D eigenvalue weighted by Gasteiger charge is -2.49. The van der Waals surface area contributed by atoms with Crippen LogP contribution in [0.4, 0.5) is 5.82 Å². The Labute approximate surface area is 232 Å². The average Bonchev–Trinajstić information content (AvgIpc) is 3.49. The highest BCUT2D eigenvalue weighted by molar-refractivity contribution is 7.09. The Morgan fingerprint density at radius 2 is 1.95 bits per heavy atom. The first-order chi connectivity index (χ1) is 18.9. The number of nitriles is 1. The second-order valence-corrected chi connectivity index (χ2v) is 10.9. The van der Waals surface area contributed by atoms with E-state index in [1.165, 1.54) is 10.1 Å². The highest BCUT2D eigenvalue weighted by Crippen LogP contribution is 2.34. The molecule has 1 aromatic carbocycles. The molecule has 4 aromatic rings. The fourth-order valence-corrected chi connectivity index (χ4v) is 6.02. The van der Waals surface area contributed by atoms with Gasteiger partial charge in [0, 0.05) is 49.8 Å². The molecule has 0 amide bonds. The van der Waals surface area contributed by atoms with Gasteiger partial charge in [-0.3, -0.25) is 9.47 Å². The minimum atomic E-state index is -0.324. The van der Waals surface area contributed by atoms with Crippen LogP contribution in [0.25, 0.3) is 11.0 Å². The van der Waals surface area contributed by atoms with E-state index < -0.39 is 0 Å². The normalized spacial score (nSPS) is 18.7. The molecule has 0 spiro atoms. The average molecular weight is 544 g/mol. The van der Waals surface area contributed by atoms with E-state index in [1.54, 1.807) is 36.7 Å². The molecule has 0 saturated carbocycles. The number of ether oxygens (including phenoxy) is 1. The minimum Gasteiger partial charge on any atom is -0.486 e. The zero-order valence-electron chi connectivity index (χ0n) is 22.7. The molecule has 0 radical (unpaired) electrons. The van der Waals surface area contributed by atoms with Gasteiger partial charge in [-0.2, -0.15) is 10.2 Å². The third kappa shape index (κ3) is 5.37. The molecule has 3 aromatic heterocycles. The fraction of sp³-hybridized carbons (Fsp3) is 0.414. The van der Waals surface area contributed by atoms with E-state index in [9.17, 15) is 10.1 Å². The summed E-state index contributed by atoms with van der Waals surface area (Å²) in [6.07, 6.45) is 3.72. The molecule has 4 heterocycles. The van der Waals surface area contributed by atoms with Gasteiger partial charge in [-0.15, -0.1) is 11.3 Å². The molecule has 1 unspecified atom stereocenters. The van der Waals surface area contributed by atoms with Gasteiger partial charge in [-0.25, -0.2) is 14.8 Å². The molecule has 1 aliphatic rings. The van der Waals surface area contributed by atoms with Crippen molar-refractivity contribution in [2.45, 2.75) is 58.3 Å². The molecule has 1 fully saturated rings. The van der Waals surface area contributed by atoms with Crippen LogP contribution in [0.15, 0.2) is 52.8 Å². The number of rotatable bonds is 8. The van der Waals surface area contributed by atoms with Crippen molar-refractivity contribution >= 4 is 28.2 Å². The van der Waals surface area contributed by atoms with Crippen molar-refractivity contribution in [3.63, 3.8) is 0 Å². The molecule has 0 N–H and O–H groups in total. The Bertz CT molecular complexity index is 1530. The quantitative estimate of drug-likeness (QED) is 0.316. The largest absolute Gasteiger partial charge is 0.486 e. The second kappa shape index (κ2) is 11.5. The van der Waals surface area contributed by atoms with Gasteiger partial charge in [0.1, 0.15) is 34.6 Å². The summed E-state index contributed by atoms with van der Waals surface area (Å²) in [4.78, 5) is 30.8. The number of benzene rings is 1. The van der Waals surface area contributed by atoms with Crippen molar-refractivity contribution in [3.05, 3.63) is 74.7 Å². The zero-order chi connectivity index (χ0) is 27.5. The summed E-state index contributed by atoms with van der Waals surface area (Å²) in [6, 6.07) is 14.6. The molecule has 1 saturated heterocycles. The Morgan fingerprint density at radius 1 is 1.15 bits per heavy atom. The zero-order valence-corrected chi connectivity index (χ0v) is 23.6. The third-order valence-electron chi connectivity index (χ3n) is 7.57. The van der Waals surface area contributed by atoms with Crippen LogP contribution in [0.2, 0.25) is 0 Å². The van der Waals surface area contributed by atoms with Crippen molar-refractivity contribution < 1.29 is 4.74 Å². The Hall–Kier alpha value is -3.81. The number of aromatic nitrogens is 4. The Morgan fingerprint density at radius 3 is 2.62 bits per heavy atom. The lowest BCUT2D eigenvalue weighted by molar-refractivity contribution is 0.0939. The van der Waals surface area contributed by atoms with Crippen LogP contribution in [-0.4, -0.2) is 49.6 Å². The molecule has 5 rings (SSSR count). The highest BCUT2D eigenvalue weighted by Gasteiger charge is 2.36. The molecule has 10 heteroatoms. The van der Waals surface area contributed by atoms with Gasteiger partial charge >= 0.3 is 5.69 Å². The standard InChI is InChI=1S/C29H33N7O2S/c1-5-22-17-35(28-27-25(34(4)29(37)33-28)12-9-21(15-30)32-27)19(3)16-36(22)24(6-2)20-7-10-23(11-8-20)38-18-26-31-13-14-39-26/h7-14,19,22,24H,5-6,16-18H2,1-4H3/t19-,22+,24?/m0/s1. The van der Waals surface area contributed by atoms with Crippen LogP contribution >= 0.6 is 11.3 Å². The molecular weight excluding hydrogens is 510 g/mol. The molecular formula is C29H33N7O2S. The first-order valence-electron chi connectivity index (χ1n) is 13.3. The molecule has 202 valence electrons. The van der Waals surface area contributed by atoms with E-state index in [4.69, 9.17) is 4.74 Å². The van der Waals surface area contributed by atoms with Crippen LogP contribution < -0.4 is 15.3 Å². The van der Waals surface area contributed by atoms with Gasteiger partial charge in [0.15, 0.2) is 5.82 Å². The second-order valence-electron chi connectivity index (χ2n) is 9.92. The van der Waals surface area contributed by atoms with Gasteiger partial charge in [-0.1, -0.05) is 26.0 Å². The van der Waals surface area contributed by atoms with Crippen molar-refractivity contribution in [3.8, 4) is 11.8 Å². The first-order valence-corrected chi connectivity index (χ1v) is 14.2. The van der Waals surface area contributed by atoms with Crippen molar-refractivity contribution in [2.75, 3.05) is 18.0 Å². The van der Waals surface area contributed by atoms with Gasteiger partial charge < -0.3 is 9.64 Å². The third-order valence-corrected chi connectivity index (χ3v) is 8.33. The SMILES string of the molecule is CCC(c1ccc(OCc2nccs2)cc1)N1C[C@H](C)N(c2nc(=O)n(C)c3ccc(C#N)nc23)C[C@H]1CC. The van der Waals surface area contributed by atoms with E-state index in [-0.39, 0.29) is 23.8 Å². The lowest BCUT2D eigenvalue weighted by Crippen LogP contribution is -2.58. The van der Waals surface area contributed by atoms with Crippen LogP contribution in [0.3, 0.4) is 0 Å². The number of hydrogen-bond acceptors (Lipinski definition) is 9. The molecule has 0 aliphatic carbocycles. The first kappa shape index (κ1) is 26.8. The maximum absolute atomic E-state index is 12.8. The van der Waals surface area contributed by atoms with Crippen LogP contribution in [0.5, 0.6) is 5.75 Å². The monoisotopic (exact) mass is 543 g/mol. The number of piperazine rings is 1. The summed E-state index contributed by atoms with van der Waals surface area (Å²) in [5, 5.41) is 12.4. The molecule has 9 nitrogen and oxygen atoms in total. The molecule has 1 aliphatic heterocycles. The van der Waals surface area contributed by atoms with Crippen LogP contribution in [-0.2, 0) is 13.7 Å². The maximum atomic E-state index is 12.8. The van der Waals surface area contributed by atoms with E-state index >= 15 is 0 Å². The highest BCUT2D eigenvalue weighted by atomic mass is 32.1. The smallest absolute Gasteiger partial charge is 0.349 e. The number of anilines is 1. The van der Waals surface area contributed by atoms with Gasteiger partial charge in [0.25, 0.3) is 0 Å².